The van der Waals surface area contributed by atoms with Gasteiger partial charge in [-0.1, -0.05) is 50.3 Å². The quantitative estimate of drug-likeness (QED) is 0.189. The summed E-state index contributed by atoms with van der Waals surface area (Å²) in [7, 11) is 3.25. The second-order valence-electron chi connectivity index (χ2n) is 7.09. The summed E-state index contributed by atoms with van der Waals surface area (Å²) >= 11 is 0. The number of phenolic OH excluding ortho intramolecular Hbond substituents is 1. The van der Waals surface area contributed by atoms with E-state index in [4.69, 9.17) is 9.84 Å². The molecule has 8 heteroatoms. The number of rotatable bonds is 6. The Kier molecular flexibility index (Phi) is 26.6. The van der Waals surface area contributed by atoms with E-state index >= 15 is 0 Å². The number of amides is 2. The molecule has 1 atom stereocenters. The van der Waals surface area contributed by atoms with Gasteiger partial charge < -0.3 is 30.3 Å². The Bertz CT molecular complexity index is 743. The topological polar surface area (TPSA) is 117 Å². The van der Waals surface area contributed by atoms with Crippen LogP contribution in [-0.4, -0.2) is 56.1 Å². The van der Waals surface area contributed by atoms with Gasteiger partial charge in [-0.3, -0.25) is 4.79 Å². The van der Waals surface area contributed by atoms with Gasteiger partial charge >= 0.3 is 12.0 Å². The van der Waals surface area contributed by atoms with E-state index < -0.39 is 0 Å². The van der Waals surface area contributed by atoms with Crippen molar-refractivity contribution in [2.45, 2.75) is 53.4 Å². The minimum absolute atomic E-state index is 0.0451. The van der Waals surface area contributed by atoms with Crippen LogP contribution in [0, 0.1) is 0 Å². The average Bonchev–Trinajstić information content (AvgIpc) is 2.80. The molecular weight excluding hydrogens is 448 g/mol. The molecule has 0 fully saturated rings. The molecule has 8 nitrogen and oxygen atoms in total. The number of ether oxygens (including phenoxy) is 2. The summed E-state index contributed by atoms with van der Waals surface area (Å²) in [5.41, 5.74) is 2.15. The monoisotopic (exact) mass is 494 g/mol. The number of fused-ring (bicyclic) bond motifs is 1. The van der Waals surface area contributed by atoms with E-state index in [0.717, 1.165) is 5.56 Å². The molecule has 35 heavy (non-hydrogen) atoms. The first-order valence-corrected chi connectivity index (χ1v) is 11.6. The number of methoxy groups -OCH3 is 1. The zero-order valence-electron chi connectivity index (χ0n) is 22.5. The van der Waals surface area contributed by atoms with Crippen LogP contribution in [0.25, 0.3) is 0 Å². The Labute approximate surface area is 211 Å². The van der Waals surface area contributed by atoms with Crippen LogP contribution in [0.2, 0.25) is 0 Å². The molecule has 4 N–H and O–H groups in total. The summed E-state index contributed by atoms with van der Waals surface area (Å²) in [6, 6.07) is 4.34. The van der Waals surface area contributed by atoms with Crippen molar-refractivity contribution in [3.8, 4) is 11.5 Å². The highest BCUT2D eigenvalue weighted by Crippen LogP contribution is 2.37. The molecule has 0 aromatic heterocycles. The number of aromatic hydroxyl groups is 1. The molecule has 0 saturated heterocycles. The molecule has 1 unspecified atom stereocenters. The molecule has 0 radical (unpaired) electrons. The lowest BCUT2D eigenvalue weighted by Crippen LogP contribution is -2.38. The highest BCUT2D eigenvalue weighted by molar-refractivity contribution is 5.77. The average molecular weight is 495 g/mol. The van der Waals surface area contributed by atoms with Gasteiger partial charge in [0.1, 0.15) is 11.5 Å². The van der Waals surface area contributed by atoms with E-state index in [1.165, 1.54) is 11.6 Å². The number of hydrogen-bond donors (Lipinski definition) is 4. The third-order valence-corrected chi connectivity index (χ3v) is 3.70. The molecule has 0 aliphatic carbocycles. The van der Waals surface area contributed by atoms with Crippen LogP contribution in [0.5, 0.6) is 11.5 Å². The van der Waals surface area contributed by atoms with E-state index in [0.29, 0.717) is 18.7 Å². The van der Waals surface area contributed by atoms with Gasteiger partial charge in [0.25, 0.3) is 0 Å². The molecule has 1 aromatic rings. The molecule has 200 valence electrons. The molecule has 2 rings (SSSR count). The second kappa shape index (κ2) is 25.5. The lowest BCUT2D eigenvalue weighted by Gasteiger charge is -2.24. The number of phenols is 1. The van der Waals surface area contributed by atoms with E-state index in [1.54, 1.807) is 38.5 Å². The summed E-state index contributed by atoms with van der Waals surface area (Å²) < 4.78 is 9.35. The smallest absolute Gasteiger partial charge is 0.314 e. The predicted octanol–water partition coefficient (Wildman–Crippen LogP) is 5.09. The number of carbonyl (C=O) groups is 2. The third kappa shape index (κ3) is 21.2. The lowest BCUT2D eigenvalue weighted by atomic mass is 9.90. The Hall–Kier alpha value is -3.10. The molecule has 1 aromatic carbocycles. The number of carbonyl (C=O) groups excluding carboxylic acids is 2. The number of allylic oxidation sites excluding steroid dienone is 4. The van der Waals surface area contributed by atoms with Crippen molar-refractivity contribution in [3.05, 3.63) is 60.7 Å². The van der Waals surface area contributed by atoms with Crippen molar-refractivity contribution in [3.63, 3.8) is 0 Å². The molecule has 0 spiro atoms. The predicted molar refractivity (Wildman–Crippen MR) is 144 cm³/mol. The maximum absolute atomic E-state index is 11.6. The SMILES string of the molecule is C=CC.C=CC=C(C)C.CC.COC.O=C(NCCO)NCCC1CC(=O)Oc2cc(O)ccc21. The van der Waals surface area contributed by atoms with E-state index in [-0.39, 0.29) is 43.2 Å². The Morgan fingerprint density at radius 1 is 1.20 bits per heavy atom. The molecule has 0 bridgehead atoms. The Balaban J connectivity index is -0.000000608. The van der Waals surface area contributed by atoms with Crippen LogP contribution in [0.1, 0.15) is 58.9 Å². The Morgan fingerprint density at radius 3 is 2.20 bits per heavy atom. The summed E-state index contributed by atoms with van der Waals surface area (Å²) in [5, 5.41) is 23.1. The number of aliphatic hydroxyl groups is 1. The maximum atomic E-state index is 11.6. The standard InChI is InChI=1S/C14H18N2O5.C6H10.C3H6.C2H6O.C2H6/c17-6-5-16-14(20)15-4-3-9-7-13(19)21-12-8-10(18)1-2-11(9)12;1-4-5-6(2)3;2*1-3-2;1-2/h1-2,8-9,17-18H,3-7H2,(H2,15,16,20);4-5H,1H2,2-3H3;3H,1H2,2H3;1-2H3;1-2H3. The minimum atomic E-state index is -0.353. The number of urea groups is 1. The van der Waals surface area contributed by atoms with E-state index in [1.807, 2.05) is 40.7 Å². The first-order chi connectivity index (χ1) is 16.7. The number of hydrogen-bond acceptors (Lipinski definition) is 6. The summed E-state index contributed by atoms with van der Waals surface area (Å²) in [5.74, 6) is 0.0208. The van der Waals surface area contributed by atoms with E-state index in [2.05, 4.69) is 28.5 Å². The van der Waals surface area contributed by atoms with E-state index in [9.17, 15) is 14.7 Å². The normalized spacial score (nSPS) is 12.3. The summed E-state index contributed by atoms with van der Waals surface area (Å²) in [6.45, 7) is 17.3. The fourth-order valence-electron chi connectivity index (χ4n) is 2.51. The second-order valence-corrected chi connectivity index (χ2v) is 7.09. The van der Waals surface area contributed by atoms with Gasteiger partial charge in [-0.2, -0.15) is 0 Å². The van der Waals surface area contributed by atoms with Crippen molar-refractivity contribution in [1.82, 2.24) is 10.6 Å². The van der Waals surface area contributed by atoms with Crippen molar-refractivity contribution in [1.29, 1.82) is 0 Å². The lowest BCUT2D eigenvalue weighted by molar-refractivity contribution is -0.135. The first-order valence-electron chi connectivity index (χ1n) is 11.6. The van der Waals surface area contributed by atoms with Crippen LogP contribution in [-0.2, 0) is 9.53 Å². The number of aliphatic hydroxyl groups excluding tert-OH is 1. The maximum Gasteiger partial charge on any atom is 0.314 e. The third-order valence-electron chi connectivity index (χ3n) is 3.70. The zero-order chi connectivity index (χ0) is 27.6. The van der Waals surface area contributed by atoms with Gasteiger partial charge in [0.15, 0.2) is 0 Å². The van der Waals surface area contributed by atoms with Gasteiger partial charge in [-0.05, 0) is 44.7 Å². The number of nitrogens with one attached hydrogen (secondary N) is 2. The molecule has 1 heterocycles. The van der Waals surface area contributed by atoms with Gasteiger partial charge in [-0.15, -0.1) is 6.58 Å². The fourth-order valence-corrected chi connectivity index (χ4v) is 2.51. The van der Waals surface area contributed by atoms with Crippen LogP contribution in [0.4, 0.5) is 4.79 Å². The van der Waals surface area contributed by atoms with Crippen molar-refractivity contribution in [2.75, 3.05) is 33.9 Å². The summed E-state index contributed by atoms with van der Waals surface area (Å²) in [6.07, 6.45) is 6.34. The van der Waals surface area contributed by atoms with Crippen molar-refractivity contribution >= 4 is 12.0 Å². The van der Waals surface area contributed by atoms with Gasteiger partial charge in [0, 0.05) is 33.4 Å². The first kappa shape index (κ1) is 36.5. The van der Waals surface area contributed by atoms with Crippen LogP contribution >= 0.6 is 0 Å². The molecule has 2 amide bonds. The largest absolute Gasteiger partial charge is 0.508 e. The highest BCUT2D eigenvalue weighted by Gasteiger charge is 2.27. The van der Waals surface area contributed by atoms with Crippen LogP contribution in [0.15, 0.2) is 55.2 Å². The van der Waals surface area contributed by atoms with Crippen molar-refractivity contribution < 1.29 is 29.3 Å². The van der Waals surface area contributed by atoms with Gasteiger partial charge in [0.05, 0.1) is 13.0 Å². The van der Waals surface area contributed by atoms with Crippen LogP contribution in [0.3, 0.4) is 0 Å². The van der Waals surface area contributed by atoms with Gasteiger partial charge in [0.2, 0.25) is 0 Å². The Morgan fingerprint density at radius 2 is 1.74 bits per heavy atom. The molecule has 0 saturated carbocycles. The van der Waals surface area contributed by atoms with Crippen molar-refractivity contribution in [2.24, 2.45) is 0 Å². The summed E-state index contributed by atoms with van der Waals surface area (Å²) in [4.78, 5) is 22.9. The number of benzene rings is 1. The minimum Gasteiger partial charge on any atom is -0.508 e. The highest BCUT2D eigenvalue weighted by atomic mass is 16.5. The zero-order valence-corrected chi connectivity index (χ0v) is 22.5. The van der Waals surface area contributed by atoms with Gasteiger partial charge in [-0.25, -0.2) is 4.79 Å². The molecule has 1 aliphatic heterocycles. The molecule has 1 aliphatic rings. The molecular formula is C27H46N2O6. The van der Waals surface area contributed by atoms with Crippen LogP contribution < -0.4 is 15.4 Å². The number of esters is 1. The fraction of sp³-hybridized carbons (Fsp3) is 0.481.